The van der Waals surface area contributed by atoms with E-state index < -0.39 is 0 Å². The molecular formula is C16H23N5O2. The second kappa shape index (κ2) is 7.06. The molecule has 3 rings (SSSR count). The third kappa shape index (κ3) is 3.86. The number of aromatic nitrogens is 3. The Morgan fingerprint density at radius 3 is 2.65 bits per heavy atom. The summed E-state index contributed by atoms with van der Waals surface area (Å²) in [7, 11) is 0. The highest BCUT2D eigenvalue weighted by Crippen LogP contribution is 2.24. The molecule has 0 unspecified atom stereocenters. The molecule has 124 valence electrons. The zero-order chi connectivity index (χ0) is 16.2. The van der Waals surface area contributed by atoms with E-state index in [9.17, 15) is 0 Å². The molecule has 1 aliphatic rings. The van der Waals surface area contributed by atoms with Crippen molar-refractivity contribution in [2.45, 2.75) is 20.8 Å². The zero-order valence-electron chi connectivity index (χ0n) is 13.9. The van der Waals surface area contributed by atoms with Crippen LogP contribution < -0.4 is 5.32 Å². The monoisotopic (exact) mass is 317 g/mol. The van der Waals surface area contributed by atoms with Gasteiger partial charge in [-0.15, -0.1) is 0 Å². The molecule has 3 heterocycles. The van der Waals surface area contributed by atoms with Crippen LogP contribution in [0.15, 0.2) is 10.6 Å². The van der Waals surface area contributed by atoms with Crippen molar-refractivity contribution in [3.8, 4) is 11.4 Å². The minimum Gasteiger partial charge on any atom is -0.379 e. The summed E-state index contributed by atoms with van der Waals surface area (Å²) in [5, 5.41) is 7.37. The van der Waals surface area contributed by atoms with Crippen LogP contribution >= 0.6 is 0 Å². The molecule has 0 spiro atoms. The third-order valence-corrected chi connectivity index (χ3v) is 3.95. The van der Waals surface area contributed by atoms with E-state index in [1.165, 1.54) is 0 Å². The van der Waals surface area contributed by atoms with Crippen LogP contribution in [0.25, 0.3) is 11.4 Å². The number of rotatable bonds is 5. The molecule has 7 heteroatoms. The van der Waals surface area contributed by atoms with E-state index in [1.807, 2.05) is 26.8 Å². The van der Waals surface area contributed by atoms with Gasteiger partial charge in [0, 0.05) is 37.9 Å². The van der Waals surface area contributed by atoms with Crippen molar-refractivity contribution < 1.29 is 9.26 Å². The topological polar surface area (TPSA) is 76.3 Å². The van der Waals surface area contributed by atoms with Crippen molar-refractivity contribution in [2.75, 3.05) is 44.7 Å². The highest BCUT2D eigenvalue weighted by molar-refractivity contribution is 5.61. The lowest BCUT2D eigenvalue weighted by atomic mass is 10.2. The Labute approximate surface area is 136 Å². The normalized spacial score (nSPS) is 15.8. The molecule has 0 amide bonds. The Kier molecular flexibility index (Phi) is 4.88. The van der Waals surface area contributed by atoms with Gasteiger partial charge in [-0.3, -0.25) is 4.90 Å². The minimum atomic E-state index is 0.662. The van der Waals surface area contributed by atoms with Crippen LogP contribution in [0.1, 0.15) is 17.1 Å². The maximum atomic E-state index is 5.36. The molecule has 23 heavy (non-hydrogen) atoms. The first-order valence-electron chi connectivity index (χ1n) is 7.96. The predicted octanol–water partition coefficient (Wildman–Crippen LogP) is 1.80. The van der Waals surface area contributed by atoms with Crippen LogP contribution in [0.4, 0.5) is 5.82 Å². The fraction of sp³-hybridized carbons (Fsp3) is 0.562. The Balaban J connectivity index is 1.68. The lowest BCUT2D eigenvalue weighted by Gasteiger charge is -2.26. The summed E-state index contributed by atoms with van der Waals surface area (Å²) in [4.78, 5) is 11.5. The standard InChI is InChI=1S/C16H23N5O2/c1-11-10-14(17-4-5-21-6-8-22-9-7-21)19-16(18-11)15-12(2)20-23-13(15)3/h10H,4-9H2,1-3H3,(H,17,18,19). The second-order valence-electron chi connectivity index (χ2n) is 5.80. The lowest BCUT2D eigenvalue weighted by molar-refractivity contribution is 0.0398. The van der Waals surface area contributed by atoms with Crippen molar-refractivity contribution in [3.63, 3.8) is 0 Å². The van der Waals surface area contributed by atoms with Gasteiger partial charge in [-0.2, -0.15) is 0 Å². The summed E-state index contributed by atoms with van der Waals surface area (Å²) >= 11 is 0. The maximum Gasteiger partial charge on any atom is 0.167 e. The Morgan fingerprint density at radius 1 is 1.17 bits per heavy atom. The summed E-state index contributed by atoms with van der Waals surface area (Å²) in [5.74, 6) is 2.24. The molecule has 0 bridgehead atoms. The fourth-order valence-electron chi connectivity index (χ4n) is 2.74. The van der Waals surface area contributed by atoms with Gasteiger partial charge in [0.25, 0.3) is 0 Å². The van der Waals surface area contributed by atoms with Gasteiger partial charge in [0.05, 0.1) is 24.5 Å². The molecular weight excluding hydrogens is 294 g/mol. The second-order valence-corrected chi connectivity index (χ2v) is 5.80. The molecule has 1 aliphatic heterocycles. The quantitative estimate of drug-likeness (QED) is 0.901. The van der Waals surface area contributed by atoms with Gasteiger partial charge in [-0.25, -0.2) is 9.97 Å². The van der Waals surface area contributed by atoms with E-state index >= 15 is 0 Å². The van der Waals surface area contributed by atoms with Gasteiger partial charge in [0.1, 0.15) is 11.6 Å². The van der Waals surface area contributed by atoms with E-state index in [-0.39, 0.29) is 0 Å². The Morgan fingerprint density at radius 2 is 1.96 bits per heavy atom. The number of hydrogen-bond acceptors (Lipinski definition) is 7. The highest BCUT2D eigenvalue weighted by Gasteiger charge is 2.15. The third-order valence-electron chi connectivity index (χ3n) is 3.95. The largest absolute Gasteiger partial charge is 0.379 e. The van der Waals surface area contributed by atoms with Crippen LogP contribution in [0.3, 0.4) is 0 Å². The molecule has 0 aliphatic carbocycles. The number of nitrogens with zero attached hydrogens (tertiary/aromatic N) is 4. The molecule has 2 aromatic heterocycles. The van der Waals surface area contributed by atoms with Crippen molar-refractivity contribution in [3.05, 3.63) is 23.2 Å². The SMILES string of the molecule is Cc1cc(NCCN2CCOCC2)nc(-c2c(C)noc2C)n1. The first kappa shape index (κ1) is 15.9. The maximum absolute atomic E-state index is 5.36. The van der Waals surface area contributed by atoms with Crippen molar-refractivity contribution in [2.24, 2.45) is 0 Å². The minimum absolute atomic E-state index is 0.662. The average molecular weight is 317 g/mol. The number of nitrogens with one attached hydrogen (secondary N) is 1. The van der Waals surface area contributed by atoms with E-state index in [1.54, 1.807) is 0 Å². The average Bonchev–Trinajstić information content (AvgIpc) is 2.87. The Hall–Kier alpha value is -1.99. The van der Waals surface area contributed by atoms with Gasteiger partial charge in [-0.1, -0.05) is 5.16 Å². The summed E-state index contributed by atoms with van der Waals surface area (Å²) in [6, 6.07) is 1.96. The number of ether oxygens (including phenoxy) is 1. The van der Waals surface area contributed by atoms with Gasteiger partial charge < -0.3 is 14.6 Å². The molecule has 1 saturated heterocycles. The lowest BCUT2D eigenvalue weighted by Crippen LogP contribution is -2.39. The van der Waals surface area contributed by atoms with Gasteiger partial charge in [0.15, 0.2) is 5.82 Å². The van der Waals surface area contributed by atoms with Crippen LogP contribution in [0.2, 0.25) is 0 Å². The van der Waals surface area contributed by atoms with Crippen LogP contribution in [0, 0.1) is 20.8 Å². The van der Waals surface area contributed by atoms with E-state index in [0.29, 0.717) is 5.82 Å². The van der Waals surface area contributed by atoms with E-state index in [4.69, 9.17) is 9.26 Å². The van der Waals surface area contributed by atoms with E-state index in [2.05, 4.69) is 25.3 Å². The molecule has 0 aromatic carbocycles. The molecule has 0 atom stereocenters. The summed E-state index contributed by atoms with van der Waals surface area (Å²) in [5.41, 5.74) is 2.61. The molecule has 1 N–H and O–H groups in total. The van der Waals surface area contributed by atoms with Crippen molar-refractivity contribution in [1.29, 1.82) is 0 Å². The number of hydrogen-bond donors (Lipinski definition) is 1. The number of aryl methyl sites for hydroxylation is 3. The first-order valence-corrected chi connectivity index (χ1v) is 7.96. The number of morpholine rings is 1. The predicted molar refractivity (Wildman–Crippen MR) is 87.5 cm³/mol. The van der Waals surface area contributed by atoms with E-state index in [0.717, 1.165) is 67.9 Å². The van der Waals surface area contributed by atoms with Crippen LogP contribution in [-0.4, -0.2) is 59.4 Å². The Bertz CT molecular complexity index is 645. The molecule has 0 radical (unpaired) electrons. The van der Waals surface area contributed by atoms with Crippen LogP contribution in [-0.2, 0) is 4.74 Å². The molecule has 2 aromatic rings. The van der Waals surface area contributed by atoms with Crippen molar-refractivity contribution >= 4 is 5.82 Å². The summed E-state index contributed by atoms with van der Waals surface area (Å²) in [6.07, 6.45) is 0. The number of anilines is 1. The van der Waals surface area contributed by atoms with Gasteiger partial charge in [-0.05, 0) is 20.8 Å². The molecule has 0 saturated carbocycles. The highest BCUT2D eigenvalue weighted by atomic mass is 16.5. The van der Waals surface area contributed by atoms with Crippen molar-refractivity contribution in [1.82, 2.24) is 20.0 Å². The molecule has 1 fully saturated rings. The summed E-state index contributed by atoms with van der Waals surface area (Å²) < 4.78 is 10.6. The fourth-order valence-corrected chi connectivity index (χ4v) is 2.74. The molecule has 7 nitrogen and oxygen atoms in total. The van der Waals surface area contributed by atoms with Crippen LogP contribution in [0.5, 0.6) is 0 Å². The van der Waals surface area contributed by atoms with Gasteiger partial charge in [0.2, 0.25) is 0 Å². The summed E-state index contributed by atoms with van der Waals surface area (Å²) in [6.45, 7) is 11.2. The first-order chi connectivity index (χ1) is 11.1. The zero-order valence-corrected chi connectivity index (χ0v) is 13.9. The smallest absolute Gasteiger partial charge is 0.167 e. The van der Waals surface area contributed by atoms with Gasteiger partial charge >= 0.3 is 0 Å².